The summed E-state index contributed by atoms with van der Waals surface area (Å²) in [5, 5.41) is 17.1. The Hall–Kier alpha value is -0.770. The van der Waals surface area contributed by atoms with Crippen LogP contribution in [0.1, 0.15) is 20.3 Å². The number of ether oxygens (including phenoxy) is 1. The van der Waals surface area contributed by atoms with Gasteiger partial charge in [0.25, 0.3) is 0 Å². The predicted octanol–water partition coefficient (Wildman–Crippen LogP) is 0.842. The van der Waals surface area contributed by atoms with Crippen LogP contribution < -0.4 is 0 Å². The van der Waals surface area contributed by atoms with Crippen LogP contribution in [0.4, 0.5) is 4.79 Å². The van der Waals surface area contributed by atoms with E-state index in [-0.39, 0.29) is 6.61 Å². The zero-order chi connectivity index (χ0) is 8.20. The van der Waals surface area contributed by atoms with Crippen LogP contribution in [-0.2, 0) is 4.74 Å². The largest absolute Gasteiger partial charge is 0.505 e. The summed E-state index contributed by atoms with van der Waals surface area (Å²) in [5.74, 6) is 0. The van der Waals surface area contributed by atoms with Crippen LogP contribution in [0.2, 0.25) is 0 Å². The van der Waals surface area contributed by atoms with Gasteiger partial charge in [0.2, 0.25) is 0 Å². The van der Waals surface area contributed by atoms with Gasteiger partial charge in [0.05, 0.1) is 12.2 Å². The lowest BCUT2D eigenvalue weighted by Crippen LogP contribution is -2.21. The molecule has 0 aromatic rings. The number of rotatable bonds is 3. The number of hydrogen-bond acceptors (Lipinski definition) is 3. The standard InChI is InChI=1S/C6H12O4/c1-6(2,9)3-4-10-5(7)8/h9H,3-4H2,1-2H3,(H,7,8). The molecule has 0 spiro atoms. The molecule has 0 fully saturated rings. The molecule has 0 bridgehead atoms. The summed E-state index contributed by atoms with van der Waals surface area (Å²) in [7, 11) is 0. The minimum absolute atomic E-state index is 0.0405. The first-order chi connectivity index (χ1) is 4.42. The van der Waals surface area contributed by atoms with Crippen LogP contribution in [0, 0.1) is 0 Å². The monoisotopic (exact) mass is 148 g/mol. The molecule has 0 aliphatic rings. The van der Waals surface area contributed by atoms with Gasteiger partial charge in [-0.15, -0.1) is 0 Å². The van der Waals surface area contributed by atoms with E-state index in [4.69, 9.17) is 10.2 Å². The van der Waals surface area contributed by atoms with Crippen molar-refractivity contribution < 1.29 is 19.7 Å². The Morgan fingerprint density at radius 3 is 2.40 bits per heavy atom. The van der Waals surface area contributed by atoms with Crippen molar-refractivity contribution >= 4 is 6.16 Å². The molecule has 4 nitrogen and oxygen atoms in total. The second-order valence-electron chi connectivity index (χ2n) is 2.68. The summed E-state index contributed by atoms with van der Waals surface area (Å²) in [4.78, 5) is 9.78. The molecular weight excluding hydrogens is 136 g/mol. The molecule has 0 saturated carbocycles. The maximum atomic E-state index is 9.78. The van der Waals surface area contributed by atoms with Crippen LogP contribution in [0.3, 0.4) is 0 Å². The molecule has 0 aliphatic carbocycles. The van der Waals surface area contributed by atoms with Crippen molar-refractivity contribution in [2.75, 3.05) is 6.61 Å². The second kappa shape index (κ2) is 3.41. The zero-order valence-electron chi connectivity index (χ0n) is 6.13. The molecule has 0 aromatic heterocycles. The van der Waals surface area contributed by atoms with E-state index >= 15 is 0 Å². The minimum atomic E-state index is -1.30. The Labute approximate surface area is 59.4 Å². The van der Waals surface area contributed by atoms with Crippen LogP contribution in [0.5, 0.6) is 0 Å². The SMILES string of the molecule is CC(C)(O)CCOC(=O)O. The third-order valence-corrected chi connectivity index (χ3v) is 0.939. The number of aliphatic hydroxyl groups is 1. The van der Waals surface area contributed by atoms with E-state index in [9.17, 15) is 4.79 Å². The molecule has 0 aliphatic heterocycles. The van der Waals surface area contributed by atoms with E-state index in [1.54, 1.807) is 13.8 Å². The van der Waals surface area contributed by atoms with Gasteiger partial charge in [0, 0.05) is 6.42 Å². The van der Waals surface area contributed by atoms with Gasteiger partial charge >= 0.3 is 6.16 Å². The molecule has 4 heteroatoms. The quantitative estimate of drug-likeness (QED) is 0.582. The molecule has 60 valence electrons. The number of hydrogen-bond donors (Lipinski definition) is 2. The second-order valence-corrected chi connectivity index (χ2v) is 2.68. The third-order valence-electron chi connectivity index (χ3n) is 0.939. The fourth-order valence-corrected chi connectivity index (χ4v) is 0.388. The van der Waals surface area contributed by atoms with Gasteiger partial charge in [-0.3, -0.25) is 0 Å². The van der Waals surface area contributed by atoms with E-state index in [0.29, 0.717) is 6.42 Å². The molecule has 10 heavy (non-hydrogen) atoms. The maximum absolute atomic E-state index is 9.78. The highest BCUT2D eigenvalue weighted by Crippen LogP contribution is 2.06. The molecular formula is C6H12O4. The summed E-state index contributed by atoms with van der Waals surface area (Å²) >= 11 is 0. The fourth-order valence-electron chi connectivity index (χ4n) is 0.388. The molecule has 0 radical (unpaired) electrons. The number of carbonyl (C=O) groups is 1. The van der Waals surface area contributed by atoms with Gasteiger partial charge in [-0.1, -0.05) is 0 Å². The Bertz CT molecular complexity index is 113. The van der Waals surface area contributed by atoms with Crippen molar-refractivity contribution in [2.24, 2.45) is 0 Å². The highest BCUT2D eigenvalue weighted by molar-refractivity contribution is 5.56. The Balaban J connectivity index is 3.29. The van der Waals surface area contributed by atoms with Crippen LogP contribution >= 0.6 is 0 Å². The Kier molecular flexibility index (Phi) is 3.15. The molecule has 0 saturated heterocycles. The first-order valence-electron chi connectivity index (χ1n) is 3.00. The molecule has 0 aromatic carbocycles. The van der Waals surface area contributed by atoms with Crippen LogP contribution in [0.25, 0.3) is 0 Å². The third kappa shape index (κ3) is 7.23. The van der Waals surface area contributed by atoms with Crippen molar-refractivity contribution in [2.45, 2.75) is 25.9 Å². The maximum Gasteiger partial charge on any atom is 0.505 e. The van der Waals surface area contributed by atoms with Crippen molar-refractivity contribution in [3.63, 3.8) is 0 Å². The van der Waals surface area contributed by atoms with Gasteiger partial charge in [-0.25, -0.2) is 4.79 Å². The highest BCUT2D eigenvalue weighted by atomic mass is 16.7. The lowest BCUT2D eigenvalue weighted by Gasteiger charge is -2.15. The highest BCUT2D eigenvalue weighted by Gasteiger charge is 2.12. The summed E-state index contributed by atoms with van der Waals surface area (Å²) < 4.78 is 4.17. The average Bonchev–Trinajstić information content (AvgIpc) is 1.59. The summed E-state index contributed by atoms with van der Waals surface area (Å²) in [6, 6.07) is 0. The van der Waals surface area contributed by atoms with Gasteiger partial charge in [0.1, 0.15) is 0 Å². The van der Waals surface area contributed by atoms with Gasteiger partial charge < -0.3 is 14.9 Å². The van der Waals surface area contributed by atoms with Gasteiger partial charge in [-0.05, 0) is 13.8 Å². The van der Waals surface area contributed by atoms with E-state index in [0.717, 1.165) is 0 Å². The van der Waals surface area contributed by atoms with E-state index < -0.39 is 11.8 Å². The van der Waals surface area contributed by atoms with Crippen LogP contribution in [-0.4, -0.2) is 28.6 Å². The summed E-state index contributed by atoms with van der Waals surface area (Å²) in [5.41, 5.74) is -0.852. The van der Waals surface area contributed by atoms with E-state index in [1.807, 2.05) is 0 Å². The Morgan fingerprint density at radius 2 is 2.10 bits per heavy atom. The molecule has 0 heterocycles. The number of carboxylic acid groups (broad SMARTS) is 1. The van der Waals surface area contributed by atoms with E-state index in [2.05, 4.69) is 4.74 Å². The van der Waals surface area contributed by atoms with Crippen molar-refractivity contribution in [1.82, 2.24) is 0 Å². The molecule has 0 amide bonds. The average molecular weight is 148 g/mol. The lowest BCUT2D eigenvalue weighted by molar-refractivity contribution is 0.0323. The van der Waals surface area contributed by atoms with Gasteiger partial charge in [0.15, 0.2) is 0 Å². The lowest BCUT2D eigenvalue weighted by atomic mass is 10.1. The first kappa shape index (κ1) is 9.23. The van der Waals surface area contributed by atoms with E-state index in [1.165, 1.54) is 0 Å². The predicted molar refractivity (Wildman–Crippen MR) is 34.9 cm³/mol. The summed E-state index contributed by atoms with van der Waals surface area (Å²) in [6.07, 6.45) is -0.983. The smallest absolute Gasteiger partial charge is 0.450 e. The zero-order valence-corrected chi connectivity index (χ0v) is 6.13. The van der Waals surface area contributed by atoms with Crippen LogP contribution in [0.15, 0.2) is 0 Å². The summed E-state index contributed by atoms with van der Waals surface area (Å²) in [6.45, 7) is 3.23. The fraction of sp³-hybridized carbons (Fsp3) is 0.833. The normalized spacial score (nSPS) is 11.1. The topological polar surface area (TPSA) is 66.8 Å². The van der Waals surface area contributed by atoms with Gasteiger partial charge in [-0.2, -0.15) is 0 Å². The Morgan fingerprint density at radius 1 is 1.60 bits per heavy atom. The molecule has 0 unspecified atom stereocenters. The molecule has 2 N–H and O–H groups in total. The van der Waals surface area contributed by atoms with Crippen molar-refractivity contribution in [3.05, 3.63) is 0 Å². The van der Waals surface area contributed by atoms with Crippen molar-refractivity contribution in [1.29, 1.82) is 0 Å². The van der Waals surface area contributed by atoms with Crippen molar-refractivity contribution in [3.8, 4) is 0 Å². The molecule has 0 atom stereocenters. The minimum Gasteiger partial charge on any atom is -0.450 e. The first-order valence-corrected chi connectivity index (χ1v) is 3.00. The molecule has 0 rings (SSSR count).